The minimum absolute atomic E-state index is 0.0752. The highest BCUT2D eigenvalue weighted by Crippen LogP contribution is 2.39. The van der Waals surface area contributed by atoms with Gasteiger partial charge in [0, 0.05) is 45.7 Å². The molecule has 0 radical (unpaired) electrons. The van der Waals surface area contributed by atoms with Crippen molar-refractivity contribution in [3.8, 4) is 0 Å². The van der Waals surface area contributed by atoms with Crippen LogP contribution in [0.2, 0.25) is 5.02 Å². The molecule has 6 nitrogen and oxygen atoms in total. The Kier molecular flexibility index (Phi) is 7.21. The summed E-state index contributed by atoms with van der Waals surface area (Å²) in [6.45, 7) is 1.95. The fourth-order valence-electron chi connectivity index (χ4n) is 5.15. The van der Waals surface area contributed by atoms with Gasteiger partial charge in [0.05, 0.1) is 10.9 Å². The van der Waals surface area contributed by atoms with Crippen LogP contribution in [-0.4, -0.2) is 39.7 Å². The molecule has 3 aromatic rings. The number of hydrogen-bond acceptors (Lipinski definition) is 3. The van der Waals surface area contributed by atoms with Gasteiger partial charge in [0.15, 0.2) is 5.69 Å². The number of carbonyl (C=O) groups is 2. The Labute approximate surface area is 230 Å². The van der Waals surface area contributed by atoms with Crippen LogP contribution in [0.3, 0.4) is 0 Å². The summed E-state index contributed by atoms with van der Waals surface area (Å²) in [4.78, 5) is 28.2. The summed E-state index contributed by atoms with van der Waals surface area (Å²) in [5, 5.41) is 6.78. The average Bonchev–Trinajstić information content (AvgIpc) is 3.63. The van der Waals surface area contributed by atoms with Crippen molar-refractivity contribution >= 4 is 67.3 Å². The number of halogens is 5. The molecule has 11 heteroatoms. The smallest absolute Gasteiger partial charge is 0.349 e. The van der Waals surface area contributed by atoms with Gasteiger partial charge in [-0.25, -0.2) is 4.98 Å². The van der Waals surface area contributed by atoms with E-state index >= 15 is 0 Å². The molecule has 38 heavy (non-hydrogen) atoms. The molecule has 0 spiro atoms. The second kappa shape index (κ2) is 10.3. The highest BCUT2D eigenvalue weighted by Gasteiger charge is 2.45. The zero-order valence-electron chi connectivity index (χ0n) is 20.3. The summed E-state index contributed by atoms with van der Waals surface area (Å²) in [6, 6.07) is 10.7. The number of hydrogen-bond donors (Lipinski definition) is 2. The normalized spacial score (nSPS) is 19.4. The molecule has 0 saturated heterocycles. The summed E-state index contributed by atoms with van der Waals surface area (Å²) in [6.07, 6.45) is -1.27. The van der Waals surface area contributed by atoms with E-state index in [1.165, 1.54) is 19.1 Å². The van der Waals surface area contributed by atoms with E-state index in [0.29, 0.717) is 44.8 Å². The fraction of sp³-hybridized carbons (Fsp3) is 0.333. The van der Waals surface area contributed by atoms with E-state index < -0.39 is 11.9 Å². The number of alkyl halides is 3. The molecular formula is C27H24BrClF3N4O2+. The Bertz CT molecular complexity index is 1490. The van der Waals surface area contributed by atoms with Crippen LogP contribution in [0.15, 0.2) is 46.9 Å². The Morgan fingerprint density at radius 1 is 1.13 bits per heavy atom. The maximum atomic E-state index is 13.6. The minimum atomic E-state index is -4.56. The van der Waals surface area contributed by atoms with Crippen LogP contribution in [-0.2, 0) is 11.0 Å². The van der Waals surface area contributed by atoms with Gasteiger partial charge in [-0.3, -0.25) is 9.59 Å². The first-order valence-corrected chi connectivity index (χ1v) is 13.3. The SMILES string of the molecule is CC(=O)Nc1cc(Br)cc(C(=O)N[C@@H]2CCCC(C3=[N+](c4cc(C(F)(F)F)nc5ccc(Cl)cc45)C3)C2)c1. The summed E-state index contributed by atoms with van der Waals surface area (Å²) in [5.41, 5.74) is 1.75. The number of nitrogens with zero attached hydrogens (tertiary/aromatic N) is 2. The van der Waals surface area contributed by atoms with Gasteiger partial charge < -0.3 is 10.6 Å². The molecule has 2 atom stereocenters. The van der Waals surface area contributed by atoms with Crippen molar-refractivity contribution in [1.82, 2.24) is 10.3 Å². The number of rotatable bonds is 5. The van der Waals surface area contributed by atoms with Crippen molar-refractivity contribution < 1.29 is 27.3 Å². The lowest BCUT2D eigenvalue weighted by atomic mass is 9.84. The van der Waals surface area contributed by atoms with Gasteiger partial charge in [0.1, 0.15) is 0 Å². The lowest BCUT2D eigenvalue weighted by Crippen LogP contribution is -2.39. The summed E-state index contributed by atoms with van der Waals surface area (Å²) in [5.74, 6) is -0.337. The highest BCUT2D eigenvalue weighted by molar-refractivity contribution is 9.10. The third-order valence-electron chi connectivity index (χ3n) is 6.85. The molecule has 2 amide bonds. The Hall–Kier alpha value is -2.98. The number of nitrogens with one attached hydrogen (secondary N) is 2. The zero-order chi connectivity index (χ0) is 27.2. The standard InChI is InChI=1S/C27H23BrClF3N4O2/c1-14(37)33-20-9-16(7-17(28)10-20)26(38)34-19-4-2-3-15(8-19)24-13-36(24)23-12-25(27(30,31)32)35-22-6-5-18(29)11-21(22)23/h5-7,9-12,15,19H,2-4,8,13H2,1H3,(H-,33,34,37,38)/p+1/t15?,19-/m1/s1. The first-order chi connectivity index (χ1) is 18.0. The number of fused-ring (bicyclic) bond motifs is 1. The van der Waals surface area contributed by atoms with Crippen LogP contribution in [0.25, 0.3) is 10.9 Å². The van der Waals surface area contributed by atoms with Crippen LogP contribution in [0, 0.1) is 5.92 Å². The summed E-state index contributed by atoms with van der Waals surface area (Å²) >= 11 is 9.53. The van der Waals surface area contributed by atoms with Crippen LogP contribution in [0.1, 0.15) is 48.7 Å². The monoisotopic (exact) mass is 607 g/mol. The Morgan fingerprint density at radius 3 is 2.66 bits per heavy atom. The molecule has 2 N–H and O–H groups in total. The number of pyridine rings is 1. The number of carbonyl (C=O) groups excluding carboxylic acids is 2. The topological polar surface area (TPSA) is 74.1 Å². The van der Waals surface area contributed by atoms with Gasteiger partial charge >= 0.3 is 6.18 Å². The molecule has 2 aromatic carbocycles. The predicted molar refractivity (Wildman–Crippen MR) is 143 cm³/mol. The van der Waals surface area contributed by atoms with Gasteiger partial charge in [-0.05, 0) is 55.7 Å². The molecule has 1 aliphatic carbocycles. The lowest BCUT2D eigenvalue weighted by molar-refractivity contribution is -0.342. The molecule has 2 aliphatic rings. The van der Waals surface area contributed by atoms with E-state index in [1.807, 2.05) is 4.58 Å². The van der Waals surface area contributed by atoms with Crippen molar-refractivity contribution in [3.63, 3.8) is 0 Å². The second-order valence-electron chi connectivity index (χ2n) is 9.71. The highest BCUT2D eigenvalue weighted by atomic mass is 79.9. The van der Waals surface area contributed by atoms with Gasteiger partial charge in [-0.15, -0.1) is 0 Å². The molecule has 2 heterocycles. The van der Waals surface area contributed by atoms with Gasteiger partial charge in [-0.2, -0.15) is 17.7 Å². The Balaban J connectivity index is 1.36. The number of anilines is 1. The van der Waals surface area contributed by atoms with Crippen molar-refractivity contribution in [2.75, 3.05) is 11.9 Å². The van der Waals surface area contributed by atoms with Crippen molar-refractivity contribution in [2.45, 2.75) is 44.8 Å². The third kappa shape index (κ3) is 5.86. The van der Waals surface area contributed by atoms with E-state index in [2.05, 4.69) is 31.5 Å². The van der Waals surface area contributed by atoms with Crippen LogP contribution in [0.5, 0.6) is 0 Å². The van der Waals surface area contributed by atoms with Gasteiger partial charge in [-0.1, -0.05) is 34.0 Å². The fourth-order valence-corrected chi connectivity index (χ4v) is 5.82. The molecule has 1 aromatic heterocycles. The number of aromatic nitrogens is 1. The first kappa shape index (κ1) is 26.6. The molecule has 1 fully saturated rings. The Morgan fingerprint density at radius 2 is 1.92 bits per heavy atom. The molecule has 1 unspecified atom stereocenters. The quantitative estimate of drug-likeness (QED) is 0.316. The zero-order valence-corrected chi connectivity index (χ0v) is 22.7. The largest absolute Gasteiger partial charge is 0.433 e. The third-order valence-corrected chi connectivity index (χ3v) is 7.55. The second-order valence-corrected chi connectivity index (χ2v) is 11.1. The van der Waals surface area contributed by atoms with Crippen molar-refractivity contribution in [2.24, 2.45) is 5.92 Å². The predicted octanol–water partition coefficient (Wildman–Crippen LogP) is 6.72. The van der Waals surface area contributed by atoms with E-state index in [9.17, 15) is 22.8 Å². The molecule has 5 rings (SSSR count). The first-order valence-electron chi connectivity index (χ1n) is 12.2. The van der Waals surface area contributed by atoms with Crippen LogP contribution >= 0.6 is 27.5 Å². The van der Waals surface area contributed by atoms with E-state index in [1.54, 1.807) is 24.3 Å². The van der Waals surface area contributed by atoms with E-state index in [0.717, 1.165) is 31.0 Å². The van der Waals surface area contributed by atoms with Gasteiger partial charge in [0.2, 0.25) is 23.9 Å². The van der Waals surface area contributed by atoms with Crippen molar-refractivity contribution in [1.29, 1.82) is 0 Å². The molecule has 0 bridgehead atoms. The number of amides is 2. The van der Waals surface area contributed by atoms with Crippen LogP contribution < -0.4 is 10.6 Å². The summed E-state index contributed by atoms with van der Waals surface area (Å²) in [7, 11) is 0. The molecular weight excluding hydrogens is 585 g/mol. The van der Waals surface area contributed by atoms with Crippen LogP contribution in [0.4, 0.5) is 24.5 Å². The lowest BCUT2D eigenvalue weighted by Gasteiger charge is -2.26. The number of benzene rings is 2. The minimum Gasteiger partial charge on any atom is -0.349 e. The molecule has 198 valence electrons. The van der Waals surface area contributed by atoms with Crippen molar-refractivity contribution in [3.05, 3.63) is 63.2 Å². The van der Waals surface area contributed by atoms with E-state index in [4.69, 9.17) is 11.6 Å². The van der Waals surface area contributed by atoms with E-state index in [-0.39, 0.29) is 29.3 Å². The molecule has 1 aliphatic heterocycles. The maximum absolute atomic E-state index is 13.6. The maximum Gasteiger partial charge on any atom is 0.433 e. The average molecular weight is 609 g/mol. The van der Waals surface area contributed by atoms with Gasteiger partial charge in [0.25, 0.3) is 5.91 Å². The summed E-state index contributed by atoms with van der Waals surface area (Å²) < 4.78 is 43.2. The molecule has 1 saturated carbocycles.